The zero-order valence-electron chi connectivity index (χ0n) is 18.0. The average Bonchev–Trinajstić information content (AvgIpc) is 2.80. The number of benzene rings is 3. The number of rotatable bonds is 11. The minimum atomic E-state index is -0.119. The van der Waals surface area contributed by atoms with Crippen molar-refractivity contribution in [2.45, 2.75) is 24.7 Å². The molecule has 0 aliphatic rings. The Morgan fingerprint density at radius 2 is 1.58 bits per heavy atom. The Labute approximate surface area is 189 Å². The van der Waals surface area contributed by atoms with Crippen molar-refractivity contribution < 1.29 is 14.3 Å². The first-order valence-electron chi connectivity index (χ1n) is 10.5. The summed E-state index contributed by atoms with van der Waals surface area (Å²) in [5.74, 6) is 2.78. The van der Waals surface area contributed by atoms with Crippen molar-refractivity contribution in [1.29, 1.82) is 0 Å². The third-order valence-corrected chi connectivity index (χ3v) is 5.64. The van der Waals surface area contributed by atoms with E-state index in [-0.39, 0.29) is 5.91 Å². The lowest BCUT2D eigenvalue weighted by Crippen LogP contribution is -2.28. The molecule has 4 nitrogen and oxygen atoms in total. The van der Waals surface area contributed by atoms with Crippen LogP contribution in [0.1, 0.15) is 35.7 Å². The minimum absolute atomic E-state index is 0.119. The van der Waals surface area contributed by atoms with E-state index in [1.165, 1.54) is 10.5 Å². The van der Waals surface area contributed by atoms with Gasteiger partial charge in [0.1, 0.15) is 18.1 Å². The van der Waals surface area contributed by atoms with Gasteiger partial charge in [0.25, 0.3) is 5.91 Å². The number of nitrogens with one attached hydrogen (secondary N) is 1. The van der Waals surface area contributed by atoms with Crippen molar-refractivity contribution in [3.8, 4) is 11.5 Å². The fourth-order valence-corrected chi connectivity index (χ4v) is 3.81. The second-order valence-electron chi connectivity index (χ2n) is 7.33. The molecule has 0 fully saturated rings. The molecule has 0 aliphatic carbocycles. The van der Waals surface area contributed by atoms with Crippen molar-refractivity contribution in [3.05, 3.63) is 90.0 Å². The van der Waals surface area contributed by atoms with Gasteiger partial charge in [-0.1, -0.05) is 50.2 Å². The molecule has 0 aliphatic heterocycles. The lowest BCUT2D eigenvalue weighted by molar-refractivity contribution is 0.0947. The third kappa shape index (κ3) is 7.37. The molecule has 3 rings (SSSR count). The van der Waals surface area contributed by atoms with Crippen LogP contribution in [0.3, 0.4) is 0 Å². The second-order valence-corrected chi connectivity index (χ2v) is 8.50. The van der Waals surface area contributed by atoms with Gasteiger partial charge in [-0.2, -0.15) is 0 Å². The van der Waals surface area contributed by atoms with E-state index in [9.17, 15) is 4.79 Å². The first-order chi connectivity index (χ1) is 15.1. The lowest BCUT2D eigenvalue weighted by atomic mass is 10.0. The maximum atomic E-state index is 12.3. The fourth-order valence-electron chi connectivity index (χ4n) is 3.05. The van der Waals surface area contributed by atoms with Crippen molar-refractivity contribution in [2.75, 3.05) is 25.5 Å². The summed E-state index contributed by atoms with van der Waals surface area (Å²) in [7, 11) is 0. The van der Waals surface area contributed by atoms with E-state index in [4.69, 9.17) is 9.47 Å². The van der Waals surface area contributed by atoms with Crippen molar-refractivity contribution >= 4 is 17.7 Å². The van der Waals surface area contributed by atoms with Crippen molar-refractivity contribution in [3.63, 3.8) is 0 Å². The summed E-state index contributed by atoms with van der Waals surface area (Å²) < 4.78 is 11.6. The van der Waals surface area contributed by atoms with E-state index < -0.39 is 0 Å². The molecule has 162 valence electrons. The molecule has 0 aromatic heterocycles. The summed E-state index contributed by atoms with van der Waals surface area (Å²) in [4.78, 5) is 13.6. The zero-order chi connectivity index (χ0) is 21.9. The van der Waals surface area contributed by atoms with Gasteiger partial charge < -0.3 is 14.8 Å². The molecule has 0 saturated heterocycles. The topological polar surface area (TPSA) is 47.6 Å². The van der Waals surface area contributed by atoms with Crippen LogP contribution in [0.4, 0.5) is 0 Å². The maximum Gasteiger partial charge on any atom is 0.251 e. The number of carbonyl (C=O) groups excluding carboxylic acids is 1. The highest BCUT2D eigenvalue weighted by atomic mass is 32.2. The Bertz CT molecular complexity index is 942. The Morgan fingerprint density at radius 3 is 2.32 bits per heavy atom. The van der Waals surface area contributed by atoms with Crippen LogP contribution in [0, 0.1) is 0 Å². The number of ether oxygens (including phenoxy) is 2. The van der Waals surface area contributed by atoms with Crippen LogP contribution in [0.2, 0.25) is 0 Å². The quantitative estimate of drug-likeness (QED) is 0.306. The number of amides is 1. The molecule has 0 heterocycles. The second kappa shape index (κ2) is 12.1. The molecule has 0 bridgehead atoms. The molecule has 0 unspecified atom stereocenters. The average molecular weight is 436 g/mol. The molecule has 1 amide bonds. The number of para-hydroxylation sites is 1. The van der Waals surface area contributed by atoms with E-state index in [2.05, 4.69) is 37.4 Å². The van der Waals surface area contributed by atoms with Crippen LogP contribution in [0.5, 0.6) is 11.5 Å². The van der Waals surface area contributed by atoms with Crippen LogP contribution < -0.4 is 14.8 Å². The highest BCUT2D eigenvalue weighted by molar-refractivity contribution is 7.99. The Kier molecular flexibility index (Phi) is 8.85. The Morgan fingerprint density at radius 1 is 0.871 bits per heavy atom. The number of thioether (sulfide) groups is 1. The fraction of sp³-hybridized carbons (Fsp3) is 0.269. The van der Waals surface area contributed by atoms with Crippen LogP contribution >= 0.6 is 11.8 Å². The summed E-state index contributed by atoms with van der Waals surface area (Å²) in [5, 5.41) is 2.90. The molecule has 1 N–H and O–H groups in total. The largest absolute Gasteiger partial charge is 0.493 e. The van der Waals surface area contributed by atoms with Crippen LogP contribution in [-0.2, 0) is 0 Å². The Balaban J connectivity index is 1.37. The summed E-state index contributed by atoms with van der Waals surface area (Å²) in [6.07, 6.45) is 0. The van der Waals surface area contributed by atoms with E-state index >= 15 is 0 Å². The number of hydrogen-bond acceptors (Lipinski definition) is 4. The predicted octanol–water partition coefficient (Wildman–Crippen LogP) is 5.79. The number of hydrogen-bond donors (Lipinski definition) is 1. The van der Waals surface area contributed by atoms with Crippen molar-refractivity contribution in [1.82, 2.24) is 5.32 Å². The van der Waals surface area contributed by atoms with E-state index in [0.717, 1.165) is 17.3 Å². The van der Waals surface area contributed by atoms with Gasteiger partial charge in [0.15, 0.2) is 0 Å². The molecule has 31 heavy (non-hydrogen) atoms. The van der Waals surface area contributed by atoms with Gasteiger partial charge in [-0.15, -0.1) is 11.8 Å². The van der Waals surface area contributed by atoms with Gasteiger partial charge in [0.2, 0.25) is 0 Å². The number of carbonyl (C=O) groups is 1. The molecule has 0 radical (unpaired) electrons. The molecule has 0 atom stereocenters. The van der Waals surface area contributed by atoms with Gasteiger partial charge in [-0.3, -0.25) is 4.79 Å². The molecule has 3 aromatic carbocycles. The molecular weight excluding hydrogens is 406 g/mol. The van der Waals surface area contributed by atoms with Gasteiger partial charge in [-0.05, 0) is 53.9 Å². The molecule has 0 saturated carbocycles. The normalized spacial score (nSPS) is 10.7. The lowest BCUT2D eigenvalue weighted by Gasteiger charge is -2.14. The van der Waals surface area contributed by atoms with Gasteiger partial charge in [0.05, 0.1) is 13.2 Å². The molecule has 3 aromatic rings. The van der Waals surface area contributed by atoms with E-state index in [0.29, 0.717) is 31.2 Å². The standard InChI is InChI=1S/C26H29NO3S/c1-20(2)24-10-6-7-11-25(24)30-17-16-27-26(28)21-12-14-22(15-13-21)29-18-19-31-23-8-4-3-5-9-23/h3-15,20H,16-19H2,1-2H3,(H,27,28). The Hall–Kier alpha value is -2.92. The van der Waals surface area contributed by atoms with Crippen LogP contribution in [0.15, 0.2) is 83.8 Å². The summed E-state index contributed by atoms with van der Waals surface area (Å²) in [6, 6.07) is 25.5. The highest BCUT2D eigenvalue weighted by Crippen LogP contribution is 2.25. The summed E-state index contributed by atoms with van der Waals surface area (Å²) in [5.41, 5.74) is 1.78. The maximum absolute atomic E-state index is 12.3. The summed E-state index contributed by atoms with van der Waals surface area (Å²) in [6.45, 7) is 5.76. The van der Waals surface area contributed by atoms with E-state index in [1.807, 2.05) is 48.5 Å². The third-order valence-electron chi connectivity index (χ3n) is 4.67. The predicted molar refractivity (Wildman–Crippen MR) is 127 cm³/mol. The van der Waals surface area contributed by atoms with Crippen LogP contribution in [0.25, 0.3) is 0 Å². The van der Waals surface area contributed by atoms with Crippen molar-refractivity contribution in [2.24, 2.45) is 0 Å². The molecule has 0 spiro atoms. The first kappa shape index (κ1) is 22.8. The molecule has 5 heteroatoms. The van der Waals surface area contributed by atoms with Gasteiger partial charge in [0, 0.05) is 16.2 Å². The van der Waals surface area contributed by atoms with Crippen LogP contribution in [-0.4, -0.2) is 31.4 Å². The summed E-state index contributed by atoms with van der Waals surface area (Å²) >= 11 is 1.76. The SMILES string of the molecule is CC(C)c1ccccc1OCCNC(=O)c1ccc(OCCSc2ccccc2)cc1. The first-order valence-corrected chi connectivity index (χ1v) is 11.5. The van der Waals surface area contributed by atoms with Gasteiger partial charge in [-0.25, -0.2) is 0 Å². The highest BCUT2D eigenvalue weighted by Gasteiger charge is 2.08. The monoisotopic (exact) mass is 435 g/mol. The zero-order valence-corrected chi connectivity index (χ0v) is 18.9. The molecular formula is C26H29NO3S. The smallest absolute Gasteiger partial charge is 0.251 e. The van der Waals surface area contributed by atoms with E-state index in [1.54, 1.807) is 23.9 Å². The minimum Gasteiger partial charge on any atom is -0.493 e. The van der Waals surface area contributed by atoms with Gasteiger partial charge >= 0.3 is 0 Å².